The van der Waals surface area contributed by atoms with Crippen molar-refractivity contribution in [1.29, 1.82) is 0 Å². The van der Waals surface area contributed by atoms with Crippen LogP contribution in [0.4, 0.5) is 17.1 Å². The van der Waals surface area contributed by atoms with Gasteiger partial charge in [-0.25, -0.2) is 8.42 Å². The van der Waals surface area contributed by atoms with E-state index < -0.39 is 16.1 Å². The first-order valence-corrected chi connectivity index (χ1v) is 9.78. The van der Waals surface area contributed by atoms with Crippen LogP contribution in [0.1, 0.15) is 13.8 Å². The summed E-state index contributed by atoms with van der Waals surface area (Å²) < 4.78 is 38.5. The van der Waals surface area contributed by atoms with Crippen molar-refractivity contribution < 1.29 is 27.5 Å². The molecule has 1 atom stereocenters. The van der Waals surface area contributed by atoms with Crippen molar-refractivity contribution in [2.24, 2.45) is 0 Å². The highest BCUT2D eigenvalue weighted by Crippen LogP contribution is 2.33. The minimum absolute atomic E-state index is 0.0509. The smallest absolute Gasteiger partial charge is 0.265 e. The van der Waals surface area contributed by atoms with E-state index in [1.807, 2.05) is 0 Å². The Hall–Kier alpha value is -3.27. The van der Waals surface area contributed by atoms with E-state index in [-0.39, 0.29) is 28.1 Å². The van der Waals surface area contributed by atoms with E-state index in [2.05, 4.69) is 15.4 Å². The number of hydrogen-bond donors (Lipinski definition) is 3. The largest absolute Gasteiger partial charge is 0.495 e. The van der Waals surface area contributed by atoms with Crippen LogP contribution in [0.5, 0.6) is 11.5 Å². The van der Waals surface area contributed by atoms with Crippen LogP contribution < -0.4 is 24.8 Å². The Morgan fingerprint density at radius 2 is 1.96 bits per heavy atom. The van der Waals surface area contributed by atoms with Crippen molar-refractivity contribution in [3.8, 4) is 11.5 Å². The Morgan fingerprint density at radius 1 is 1.21 bits per heavy atom. The Bertz CT molecular complexity index is 1050. The number of methoxy groups -OCH3 is 1. The molecule has 148 valence electrons. The summed E-state index contributed by atoms with van der Waals surface area (Å²) in [5, 5.41) is 5.22. The molecule has 0 spiro atoms. The fourth-order valence-electron chi connectivity index (χ4n) is 2.62. The molecule has 10 heteroatoms. The molecule has 0 fully saturated rings. The molecule has 3 rings (SSSR count). The molecule has 1 aliphatic rings. The second kappa shape index (κ2) is 7.39. The van der Waals surface area contributed by atoms with Crippen LogP contribution in [-0.2, 0) is 19.6 Å². The first-order valence-electron chi connectivity index (χ1n) is 8.29. The van der Waals surface area contributed by atoms with Gasteiger partial charge >= 0.3 is 0 Å². The number of hydrogen-bond acceptors (Lipinski definition) is 6. The standard InChI is InChI=1S/C18H19N3O6S/c1-10-18(23)20-15-8-12(4-7-16(15)27-10)21-28(24,25)13-5-6-14(19-11(2)22)17(9-13)26-3/h4-10,21H,1-3H3,(H,19,22)(H,20,23)/t10-/m0/s1. The number of nitrogens with one attached hydrogen (secondary N) is 3. The number of rotatable bonds is 5. The summed E-state index contributed by atoms with van der Waals surface area (Å²) in [6.07, 6.45) is -0.621. The van der Waals surface area contributed by atoms with Crippen LogP contribution >= 0.6 is 0 Å². The number of carbonyl (C=O) groups is 2. The summed E-state index contributed by atoms with van der Waals surface area (Å²) in [6.45, 7) is 2.96. The maximum atomic E-state index is 12.7. The minimum atomic E-state index is -3.94. The highest BCUT2D eigenvalue weighted by Gasteiger charge is 2.24. The van der Waals surface area contributed by atoms with E-state index in [0.717, 1.165) is 0 Å². The zero-order valence-corrected chi connectivity index (χ0v) is 16.2. The van der Waals surface area contributed by atoms with Gasteiger partial charge in [-0.3, -0.25) is 14.3 Å². The normalized spacial score (nSPS) is 15.7. The van der Waals surface area contributed by atoms with Crippen LogP contribution in [0, 0.1) is 0 Å². The van der Waals surface area contributed by atoms with Gasteiger partial charge in [-0.1, -0.05) is 0 Å². The molecule has 0 aliphatic carbocycles. The molecular weight excluding hydrogens is 386 g/mol. The number of fused-ring (bicyclic) bond motifs is 1. The predicted molar refractivity (Wildman–Crippen MR) is 103 cm³/mol. The van der Waals surface area contributed by atoms with Gasteiger partial charge in [0.1, 0.15) is 11.5 Å². The van der Waals surface area contributed by atoms with Gasteiger partial charge in [-0.05, 0) is 37.3 Å². The van der Waals surface area contributed by atoms with Crippen LogP contribution in [0.3, 0.4) is 0 Å². The first kappa shape index (κ1) is 19.5. The van der Waals surface area contributed by atoms with E-state index in [4.69, 9.17) is 9.47 Å². The first-order chi connectivity index (χ1) is 13.2. The summed E-state index contributed by atoms with van der Waals surface area (Å²) in [4.78, 5) is 22.9. The molecule has 3 N–H and O–H groups in total. The monoisotopic (exact) mass is 405 g/mol. The molecule has 1 aliphatic heterocycles. The van der Waals surface area contributed by atoms with Crippen molar-refractivity contribution in [2.75, 3.05) is 22.5 Å². The summed E-state index contributed by atoms with van der Waals surface area (Å²) >= 11 is 0. The molecule has 0 aromatic heterocycles. The van der Waals surface area contributed by atoms with Gasteiger partial charge in [-0.2, -0.15) is 0 Å². The van der Waals surface area contributed by atoms with E-state index in [1.54, 1.807) is 13.0 Å². The number of carbonyl (C=O) groups excluding carboxylic acids is 2. The third-order valence-electron chi connectivity index (χ3n) is 3.96. The molecule has 2 amide bonds. The third kappa shape index (κ3) is 4.01. The quantitative estimate of drug-likeness (QED) is 0.701. The molecule has 0 radical (unpaired) electrons. The van der Waals surface area contributed by atoms with Crippen LogP contribution in [-0.4, -0.2) is 33.4 Å². The van der Waals surface area contributed by atoms with Gasteiger partial charge in [0.25, 0.3) is 15.9 Å². The second-order valence-electron chi connectivity index (χ2n) is 6.11. The fourth-order valence-corrected chi connectivity index (χ4v) is 3.68. The minimum Gasteiger partial charge on any atom is -0.495 e. The molecule has 0 unspecified atom stereocenters. The fraction of sp³-hybridized carbons (Fsp3) is 0.222. The van der Waals surface area contributed by atoms with E-state index in [9.17, 15) is 18.0 Å². The highest BCUT2D eigenvalue weighted by molar-refractivity contribution is 7.92. The molecule has 0 saturated carbocycles. The molecule has 0 saturated heterocycles. The summed E-state index contributed by atoms with van der Waals surface area (Å²) in [7, 11) is -2.57. The average molecular weight is 405 g/mol. The van der Waals surface area contributed by atoms with Crippen molar-refractivity contribution in [3.63, 3.8) is 0 Å². The number of sulfonamides is 1. The van der Waals surface area contributed by atoms with Crippen molar-refractivity contribution >= 4 is 38.9 Å². The SMILES string of the molecule is COc1cc(S(=O)(=O)Nc2ccc3c(c2)NC(=O)[C@H](C)O3)ccc1NC(C)=O. The Balaban J connectivity index is 1.87. The lowest BCUT2D eigenvalue weighted by Gasteiger charge is -2.23. The molecule has 2 aromatic rings. The third-order valence-corrected chi connectivity index (χ3v) is 5.34. The van der Waals surface area contributed by atoms with Crippen molar-refractivity contribution in [1.82, 2.24) is 0 Å². The van der Waals surface area contributed by atoms with Gasteiger partial charge in [-0.15, -0.1) is 0 Å². The van der Waals surface area contributed by atoms with Gasteiger partial charge in [0.05, 0.1) is 29.1 Å². The number of ether oxygens (including phenoxy) is 2. The lowest BCUT2D eigenvalue weighted by atomic mass is 10.2. The van der Waals surface area contributed by atoms with Crippen LogP contribution in [0.25, 0.3) is 0 Å². The molecule has 0 bridgehead atoms. The second-order valence-corrected chi connectivity index (χ2v) is 7.79. The lowest BCUT2D eigenvalue weighted by Crippen LogP contribution is -2.34. The highest BCUT2D eigenvalue weighted by atomic mass is 32.2. The number of benzene rings is 2. The molecule has 2 aromatic carbocycles. The zero-order chi connectivity index (χ0) is 20.5. The van der Waals surface area contributed by atoms with Crippen molar-refractivity contribution in [2.45, 2.75) is 24.8 Å². The Morgan fingerprint density at radius 3 is 2.64 bits per heavy atom. The van der Waals surface area contributed by atoms with Gasteiger partial charge in [0, 0.05) is 13.0 Å². The predicted octanol–water partition coefficient (Wildman–Crippen LogP) is 2.17. The van der Waals surface area contributed by atoms with Crippen LogP contribution in [0.15, 0.2) is 41.3 Å². The summed E-state index contributed by atoms with van der Waals surface area (Å²) in [6, 6.07) is 8.67. The van der Waals surface area contributed by atoms with Gasteiger partial charge < -0.3 is 20.1 Å². The molecule has 9 nitrogen and oxygen atoms in total. The summed E-state index contributed by atoms with van der Waals surface area (Å²) in [5.41, 5.74) is 0.987. The summed E-state index contributed by atoms with van der Waals surface area (Å²) in [5.74, 6) is 0.0417. The topological polar surface area (TPSA) is 123 Å². The van der Waals surface area contributed by atoms with E-state index in [1.165, 1.54) is 44.4 Å². The number of anilines is 3. The zero-order valence-electron chi connectivity index (χ0n) is 15.4. The molecule has 28 heavy (non-hydrogen) atoms. The van der Waals surface area contributed by atoms with Crippen LogP contribution in [0.2, 0.25) is 0 Å². The Kier molecular flexibility index (Phi) is 5.14. The maximum Gasteiger partial charge on any atom is 0.265 e. The number of amides is 2. The van der Waals surface area contributed by atoms with E-state index in [0.29, 0.717) is 17.1 Å². The van der Waals surface area contributed by atoms with Gasteiger partial charge in [0.15, 0.2) is 6.10 Å². The molecule has 1 heterocycles. The average Bonchev–Trinajstić information content (AvgIpc) is 2.62. The maximum absolute atomic E-state index is 12.7. The Labute approximate surface area is 162 Å². The molecular formula is C18H19N3O6S. The van der Waals surface area contributed by atoms with Gasteiger partial charge in [0.2, 0.25) is 5.91 Å². The lowest BCUT2D eigenvalue weighted by molar-refractivity contribution is -0.122. The van der Waals surface area contributed by atoms with Crippen molar-refractivity contribution in [3.05, 3.63) is 36.4 Å². The van der Waals surface area contributed by atoms with E-state index >= 15 is 0 Å².